The molecule has 1 aromatic heterocycles. The summed E-state index contributed by atoms with van der Waals surface area (Å²) in [5.74, 6) is 1.68. The Hall–Kier alpha value is -4.26. The van der Waals surface area contributed by atoms with Crippen LogP contribution in [0.3, 0.4) is 0 Å². The number of methoxy groups -OCH3 is 2. The van der Waals surface area contributed by atoms with Gasteiger partial charge in [0, 0.05) is 29.1 Å². The number of hydrogen-bond acceptors (Lipinski definition) is 6. The Kier molecular flexibility index (Phi) is 6.85. The number of carbonyl (C=O) groups excluding carboxylic acids is 2. The molecule has 0 bridgehead atoms. The zero-order valence-corrected chi connectivity index (χ0v) is 22.3. The van der Waals surface area contributed by atoms with Crippen molar-refractivity contribution in [3.8, 4) is 11.5 Å². The van der Waals surface area contributed by atoms with Crippen molar-refractivity contribution in [2.45, 2.75) is 45.4 Å². The van der Waals surface area contributed by atoms with Gasteiger partial charge in [-0.2, -0.15) is 0 Å². The molecule has 0 saturated heterocycles. The Morgan fingerprint density at radius 3 is 2.34 bits per heavy atom. The van der Waals surface area contributed by atoms with Gasteiger partial charge < -0.3 is 24.5 Å². The molecule has 0 unspecified atom stereocenters. The van der Waals surface area contributed by atoms with Crippen molar-refractivity contribution >= 4 is 17.4 Å². The van der Waals surface area contributed by atoms with Crippen LogP contribution >= 0.6 is 0 Å². The maximum Gasteiger partial charge on any atom is 0.254 e. The van der Waals surface area contributed by atoms with E-state index in [1.165, 1.54) is 0 Å². The average Bonchev–Trinajstić information content (AvgIpc) is 3.34. The summed E-state index contributed by atoms with van der Waals surface area (Å²) < 4.78 is 16.9. The maximum atomic E-state index is 13.8. The van der Waals surface area contributed by atoms with Gasteiger partial charge in [-0.3, -0.25) is 9.59 Å². The van der Waals surface area contributed by atoms with Crippen molar-refractivity contribution in [3.05, 3.63) is 99.8 Å². The van der Waals surface area contributed by atoms with Crippen LogP contribution in [0.2, 0.25) is 0 Å². The number of ether oxygens (including phenoxy) is 2. The Balaban J connectivity index is 1.52. The molecule has 0 fully saturated rings. The van der Waals surface area contributed by atoms with Crippen molar-refractivity contribution in [3.63, 3.8) is 0 Å². The molecular weight excluding hydrogens is 480 g/mol. The minimum Gasteiger partial charge on any atom is -0.493 e. The quantitative estimate of drug-likeness (QED) is 0.427. The summed E-state index contributed by atoms with van der Waals surface area (Å²) in [4.78, 5) is 27.4. The smallest absolute Gasteiger partial charge is 0.254 e. The lowest BCUT2D eigenvalue weighted by Crippen LogP contribution is -2.37. The summed E-state index contributed by atoms with van der Waals surface area (Å²) in [6.07, 6.45) is 0.940. The van der Waals surface area contributed by atoms with E-state index in [4.69, 9.17) is 13.9 Å². The van der Waals surface area contributed by atoms with Crippen molar-refractivity contribution in [2.75, 3.05) is 19.5 Å². The summed E-state index contributed by atoms with van der Waals surface area (Å²) in [7, 11) is 3.20. The van der Waals surface area contributed by atoms with Crippen molar-refractivity contribution in [1.29, 1.82) is 0 Å². The van der Waals surface area contributed by atoms with Gasteiger partial charge in [-0.15, -0.1) is 0 Å². The molecule has 196 valence electrons. The van der Waals surface area contributed by atoms with E-state index < -0.39 is 5.92 Å². The second-order valence-corrected chi connectivity index (χ2v) is 9.90. The summed E-state index contributed by atoms with van der Waals surface area (Å²) in [6.45, 7) is 5.73. The number of Topliss-reactive ketones (excluding diaryl/α,β-unsaturated/α-hetero) is 1. The van der Waals surface area contributed by atoms with E-state index in [-0.39, 0.29) is 17.6 Å². The van der Waals surface area contributed by atoms with Crippen molar-refractivity contribution < 1.29 is 23.5 Å². The van der Waals surface area contributed by atoms with E-state index in [9.17, 15) is 9.59 Å². The zero-order chi connectivity index (χ0) is 27.0. The first kappa shape index (κ1) is 25.4. The molecule has 0 radical (unpaired) electrons. The number of dihydropyridines is 1. The lowest BCUT2D eigenvalue weighted by atomic mass is 9.73. The lowest BCUT2D eigenvalue weighted by molar-refractivity contribution is -0.116. The highest BCUT2D eigenvalue weighted by Gasteiger charge is 2.42. The van der Waals surface area contributed by atoms with Crippen LogP contribution in [0.5, 0.6) is 11.5 Å². The third kappa shape index (κ3) is 4.72. The van der Waals surface area contributed by atoms with Gasteiger partial charge in [0.15, 0.2) is 17.3 Å². The first-order valence-corrected chi connectivity index (χ1v) is 12.7. The van der Waals surface area contributed by atoms with E-state index in [1.807, 2.05) is 75.4 Å². The number of rotatable bonds is 6. The fourth-order valence-corrected chi connectivity index (χ4v) is 5.41. The van der Waals surface area contributed by atoms with Gasteiger partial charge in [-0.1, -0.05) is 23.8 Å². The predicted octanol–water partition coefficient (Wildman–Crippen LogP) is 5.91. The fourth-order valence-electron chi connectivity index (χ4n) is 5.41. The summed E-state index contributed by atoms with van der Waals surface area (Å²) >= 11 is 0. The number of ketones is 1. The lowest BCUT2D eigenvalue weighted by Gasteiger charge is -2.36. The molecule has 7 heteroatoms. The van der Waals surface area contributed by atoms with E-state index in [0.29, 0.717) is 52.6 Å². The highest BCUT2D eigenvalue weighted by atomic mass is 16.5. The molecule has 2 aliphatic rings. The van der Waals surface area contributed by atoms with Gasteiger partial charge >= 0.3 is 0 Å². The molecule has 1 aliphatic heterocycles. The Bertz CT molecular complexity index is 1460. The van der Waals surface area contributed by atoms with E-state index in [0.717, 1.165) is 22.6 Å². The van der Waals surface area contributed by atoms with Crippen LogP contribution in [0.15, 0.2) is 81.6 Å². The fraction of sp³-hybridized carbons (Fsp3) is 0.290. The van der Waals surface area contributed by atoms with Gasteiger partial charge in [0.1, 0.15) is 11.5 Å². The number of anilines is 1. The van der Waals surface area contributed by atoms with Gasteiger partial charge in [-0.25, -0.2) is 0 Å². The minimum atomic E-state index is -0.593. The number of furan rings is 1. The van der Waals surface area contributed by atoms with Gasteiger partial charge in [0.25, 0.3) is 5.91 Å². The van der Waals surface area contributed by atoms with Gasteiger partial charge in [-0.05, 0) is 75.1 Å². The molecule has 1 aliphatic carbocycles. The molecule has 1 amide bonds. The standard InChI is InChI=1S/C31H32N2O5/c1-17-6-10-22(11-7-17)33-31(35)28-19(3)32-23-14-21(20-9-13-25(36-4)27(16-20)37-5)15-24(34)29(23)30(28)26-12-8-18(2)38-26/h6-13,16,21,30,32H,14-15H2,1-5H3,(H,33,35)/t21-,30+/m0/s1. The predicted molar refractivity (Wildman–Crippen MR) is 145 cm³/mol. The van der Waals surface area contributed by atoms with Crippen LogP contribution in [0.1, 0.15) is 54.2 Å². The third-order valence-corrected chi connectivity index (χ3v) is 7.31. The molecule has 2 aromatic carbocycles. The second kappa shape index (κ2) is 10.2. The number of hydrogen-bond donors (Lipinski definition) is 2. The number of nitrogens with one attached hydrogen (secondary N) is 2. The van der Waals surface area contributed by atoms with Crippen LogP contribution in [0.4, 0.5) is 5.69 Å². The van der Waals surface area contributed by atoms with Crippen LogP contribution in [-0.2, 0) is 9.59 Å². The SMILES string of the molecule is COc1ccc([C@@H]2CC(=O)C3=C(C2)NC(C)=C(C(=O)Nc2ccc(C)cc2)[C@H]3c2ccc(C)o2)cc1OC. The summed E-state index contributed by atoms with van der Waals surface area (Å²) in [5.41, 5.74) is 5.40. The Morgan fingerprint density at radius 1 is 0.947 bits per heavy atom. The van der Waals surface area contributed by atoms with E-state index >= 15 is 0 Å². The molecule has 7 nitrogen and oxygen atoms in total. The molecule has 0 spiro atoms. The topological polar surface area (TPSA) is 89.8 Å². The van der Waals surface area contributed by atoms with Crippen LogP contribution in [0, 0.1) is 13.8 Å². The highest BCUT2D eigenvalue weighted by Crippen LogP contribution is 2.46. The van der Waals surface area contributed by atoms with Gasteiger partial charge in [0.05, 0.1) is 25.7 Å². The van der Waals surface area contributed by atoms with Gasteiger partial charge in [0.2, 0.25) is 0 Å². The molecule has 38 heavy (non-hydrogen) atoms. The Morgan fingerprint density at radius 2 is 1.68 bits per heavy atom. The zero-order valence-electron chi connectivity index (χ0n) is 22.3. The average molecular weight is 513 g/mol. The van der Waals surface area contributed by atoms with Crippen LogP contribution in [0.25, 0.3) is 0 Å². The molecule has 2 atom stereocenters. The third-order valence-electron chi connectivity index (χ3n) is 7.31. The molecule has 5 rings (SSSR count). The normalized spacial score (nSPS) is 19.1. The first-order valence-electron chi connectivity index (χ1n) is 12.7. The monoisotopic (exact) mass is 512 g/mol. The second-order valence-electron chi connectivity index (χ2n) is 9.90. The summed E-state index contributed by atoms with van der Waals surface area (Å²) in [5, 5.41) is 6.42. The Labute approximate surface area is 222 Å². The van der Waals surface area contributed by atoms with Crippen LogP contribution in [-0.4, -0.2) is 25.9 Å². The summed E-state index contributed by atoms with van der Waals surface area (Å²) in [6, 6.07) is 17.1. The molecule has 0 saturated carbocycles. The number of allylic oxidation sites excluding steroid dienone is 3. The van der Waals surface area contributed by atoms with E-state index in [2.05, 4.69) is 10.6 Å². The number of amides is 1. The number of aryl methyl sites for hydroxylation is 2. The first-order chi connectivity index (χ1) is 18.3. The molecular formula is C31H32N2O5. The highest BCUT2D eigenvalue weighted by molar-refractivity contribution is 6.09. The molecule has 3 aromatic rings. The van der Waals surface area contributed by atoms with Crippen molar-refractivity contribution in [2.24, 2.45) is 0 Å². The van der Waals surface area contributed by atoms with E-state index in [1.54, 1.807) is 14.2 Å². The van der Waals surface area contributed by atoms with Crippen molar-refractivity contribution in [1.82, 2.24) is 5.32 Å². The van der Waals surface area contributed by atoms with Crippen LogP contribution < -0.4 is 20.1 Å². The maximum absolute atomic E-state index is 13.8. The largest absolute Gasteiger partial charge is 0.493 e. The molecule has 2 heterocycles. The number of benzene rings is 2. The minimum absolute atomic E-state index is 0.00859. The number of carbonyl (C=O) groups is 2. The molecule has 2 N–H and O–H groups in total.